The zero-order chi connectivity index (χ0) is 21.0. The summed E-state index contributed by atoms with van der Waals surface area (Å²) in [4.78, 5) is 16.5. The second-order valence-corrected chi connectivity index (χ2v) is 7.00. The highest BCUT2D eigenvalue weighted by Crippen LogP contribution is 2.29. The third kappa shape index (κ3) is 4.45. The van der Waals surface area contributed by atoms with Gasteiger partial charge in [0.15, 0.2) is 0 Å². The fourth-order valence-corrected chi connectivity index (χ4v) is 3.26. The molecule has 0 fully saturated rings. The standard InChI is InChI=1S/C24H24FNO3/c1-4-8-21-18(17-10-5-6-11-20(17)25)13-19(24(27)28)22(26-21)14-29-23-12-7-9-15(2)16(23)3/h5-7,9-13H,4,8,14H2,1-3H3,(H,27,28). The van der Waals surface area contributed by atoms with Crippen LogP contribution in [0.2, 0.25) is 0 Å². The van der Waals surface area contributed by atoms with E-state index in [-0.39, 0.29) is 12.2 Å². The molecule has 0 spiro atoms. The van der Waals surface area contributed by atoms with E-state index < -0.39 is 11.8 Å². The number of aryl methyl sites for hydroxylation is 2. The van der Waals surface area contributed by atoms with Gasteiger partial charge in [0.25, 0.3) is 0 Å². The Hall–Kier alpha value is -3.21. The second-order valence-electron chi connectivity index (χ2n) is 7.00. The van der Waals surface area contributed by atoms with Crippen molar-refractivity contribution in [3.8, 4) is 16.9 Å². The van der Waals surface area contributed by atoms with E-state index in [1.807, 2.05) is 39.0 Å². The van der Waals surface area contributed by atoms with Crippen molar-refractivity contribution >= 4 is 5.97 Å². The maximum Gasteiger partial charge on any atom is 0.337 e. The smallest absolute Gasteiger partial charge is 0.337 e. The Morgan fingerprint density at radius 1 is 1.07 bits per heavy atom. The molecule has 29 heavy (non-hydrogen) atoms. The van der Waals surface area contributed by atoms with E-state index in [1.165, 1.54) is 12.1 Å². The predicted octanol–water partition coefficient (Wildman–Crippen LogP) is 5.73. The van der Waals surface area contributed by atoms with Crippen LogP contribution in [0.1, 0.15) is 46.2 Å². The molecular weight excluding hydrogens is 369 g/mol. The molecule has 0 bridgehead atoms. The van der Waals surface area contributed by atoms with Crippen LogP contribution in [0.25, 0.3) is 11.1 Å². The SMILES string of the molecule is CCCc1nc(COc2cccc(C)c2C)c(C(=O)O)cc1-c1ccccc1F. The Morgan fingerprint density at radius 2 is 1.83 bits per heavy atom. The van der Waals surface area contributed by atoms with E-state index in [0.29, 0.717) is 34.7 Å². The third-order valence-electron chi connectivity index (χ3n) is 4.98. The molecule has 5 heteroatoms. The minimum absolute atomic E-state index is 0.0217. The number of carboxylic acids is 1. The van der Waals surface area contributed by atoms with Gasteiger partial charge >= 0.3 is 5.97 Å². The predicted molar refractivity (Wildman–Crippen MR) is 111 cm³/mol. The second kappa shape index (κ2) is 8.86. The molecule has 0 amide bonds. The summed E-state index contributed by atoms with van der Waals surface area (Å²) in [5, 5.41) is 9.73. The molecule has 4 nitrogen and oxygen atoms in total. The first-order valence-electron chi connectivity index (χ1n) is 9.62. The zero-order valence-corrected chi connectivity index (χ0v) is 16.8. The quantitative estimate of drug-likeness (QED) is 0.556. The highest BCUT2D eigenvalue weighted by Gasteiger charge is 2.19. The maximum absolute atomic E-state index is 14.4. The number of aromatic nitrogens is 1. The van der Waals surface area contributed by atoms with Crippen LogP contribution >= 0.6 is 0 Å². The van der Waals surface area contributed by atoms with Gasteiger partial charge in [-0.15, -0.1) is 0 Å². The van der Waals surface area contributed by atoms with E-state index in [4.69, 9.17) is 4.74 Å². The van der Waals surface area contributed by atoms with Crippen molar-refractivity contribution in [2.24, 2.45) is 0 Å². The normalized spacial score (nSPS) is 10.8. The lowest BCUT2D eigenvalue weighted by molar-refractivity contribution is 0.0693. The average Bonchev–Trinajstić information content (AvgIpc) is 2.70. The molecule has 0 atom stereocenters. The summed E-state index contributed by atoms with van der Waals surface area (Å²) < 4.78 is 20.3. The van der Waals surface area contributed by atoms with Crippen LogP contribution in [0.4, 0.5) is 4.39 Å². The van der Waals surface area contributed by atoms with E-state index in [9.17, 15) is 14.3 Å². The molecule has 0 saturated heterocycles. The highest BCUT2D eigenvalue weighted by atomic mass is 19.1. The molecule has 1 aromatic heterocycles. The number of carboxylic acid groups (broad SMARTS) is 1. The number of carbonyl (C=O) groups is 1. The number of aromatic carboxylic acids is 1. The van der Waals surface area contributed by atoms with Gasteiger partial charge < -0.3 is 9.84 Å². The zero-order valence-electron chi connectivity index (χ0n) is 16.8. The summed E-state index contributed by atoms with van der Waals surface area (Å²) in [5.74, 6) is -0.821. The summed E-state index contributed by atoms with van der Waals surface area (Å²) >= 11 is 0. The van der Waals surface area contributed by atoms with Gasteiger partial charge in [0.1, 0.15) is 18.2 Å². The number of hydrogen-bond donors (Lipinski definition) is 1. The molecular formula is C24H24FNO3. The minimum Gasteiger partial charge on any atom is -0.487 e. The molecule has 3 aromatic rings. The van der Waals surface area contributed by atoms with E-state index in [2.05, 4.69) is 4.98 Å². The summed E-state index contributed by atoms with van der Waals surface area (Å²) in [5.41, 5.74) is 3.99. The van der Waals surface area contributed by atoms with Gasteiger partial charge in [-0.2, -0.15) is 0 Å². The number of pyridine rings is 1. The molecule has 150 valence electrons. The number of rotatable bonds is 7. The monoisotopic (exact) mass is 393 g/mol. The first kappa shape index (κ1) is 20.5. The fraction of sp³-hybridized carbons (Fsp3) is 0.250. The van der Waals surface area contributed by atoms with Crippen LogP contribution in [-0.2, 0) is 13.0 Å². The van der Waals surface area contributed by atoms with Gasteiger partial charge in [0.2, 0.25) is 0 Å². The van der Waals surface area contributed by atoms with Crippen molar-refractivity contribution in [1.82, 2.24) is 4.98 Å². The molecule has 1 heterocycles. The number of hydrogen-bond acceptors (Lipinski definition) is 3. The Balaban J connectivity index is 2.05. The number of ether oxygens (including phenoxy) is 1. The van der Waals surface area contributed by atoms with E-state index >= 15 is 0 Å². The highest BCUT2D eigenvalue weighted by molar-refractivity contribution is 5.91. The van der Waals surface area contributed by atoms with Crippen LogP contribution in [0.3, 0.4) is 0 Å². The Bertz CT molecular complexity index is 1050. The van der Waals surface area contributed by atoms with Crippen LogP contribution in [-0.4, -0.2) is 16.1 Å². The Labute approximate surface area is 170 Å². The van der Waals surface area contributed by atoms with Crippen molar-refractivity contribution in [2.75, 3.05) is 0 Å². The third-order valence-corrected chi connectivity index (χ3v) is 4.98. The van der Waals surface area contributed by atoms with Crippen molar-refractivity contribution < 1.29 is 19.0 Å². The molecule has 2 aromatic carbocycles. The minimum atomic E-state index is -1.11. The summed E-state index contributed by atoms with van der Waals surface area (Å²) in [6, 6.07) is 13.6. The number of benzene rings is 2. The first-order chi connectivity index (χ1) is 13.9. The lowest BCUT2D eigenvalue weighted by Crippen LogP contribution is -2.12. The number of nitrogens with zero attached hydrogens (tertiary/aromatic N) is 1. The summed E-state index contributed by atoms with van der Waals surface area (Å²) in [7, 11) is 0. The van der Waals surface area contributed by atoms with Gasteiger partial charge in [-0.3, -0.25) is 4.98 Å². The molecule has 0 radical (unpaired) electrons. The average molecular weight is 393 g/mol. The van der Waals surface area contributed by atoms with Crippen LogP contribution < -0.4 is 4.74 Å². The summed E-state index contributed by atoms with van der Waals surface area (Å²) in [6.45, 7) is 5.98. The fourth-order valence-electron chi connectivity index (χ4n) is 3.26. The van der Waals surface area contributed by atoms with Gasteiger partial charge in [0.05, 0.1) is 11.3 Å². The van der Waals surface area contributed by atoms with E-state index in [0.717, 1.165) is 17.5 Å². The molecule has 1 N–H and O–H groups in total. The molecule has 0 aliphatic heterocycles. The van der Waals surface area contributed by atoms with Gasteiger partial charge in [0, 0.05) is 16.8 Å². The lowest BCUT2D eigenvalue weighted by Gasteiger charge is -2.16. The van der Waals surface area contributed by atoms with Crippen molar-refractivity contribution in [3.63, 3.8) is 0 Å². The van der Waals surface area contributed by atoms with Crippen LogP contribution in [0.5, 0.6) is 5.75 Å². The van der Waals surface area contributed by atoms with Crippen molar-refractivity contribution in [1.29, 1.82) is 0 Å². The molecule has 0 aliphatic rings. The first-order valence-corrected chi connectivity index (χ1v) is 9.62. The topological polar surface area (TPSA) is 59.4 Å². The molecule has 0 aliphatic carbocycles. The van der Waals surface area contributed by atoms with E-state index in [1.54, 1.807) is 18.2 Å². The molecule has 0 saturated carbocycles. The Kier molecular flexibility index (Phi) is 6.27. The largest absolute Gasteiger partial charge is 0.487 e. The van der Waals surface area contributed by atoms with Crippen LogP contribution in [0, 0.1) is 19.7 Å². The molecule has 3 rings (SSSR count). The van der Waals surface area contributed by atoms with Crippen molar-refractivity contribution in [3.05, 3.63) is 82.4 Å². The van der Waals surface area contributed by atoms with Gasteiger partial charge in [-0.1, -0.05) is 43.7 Å². The molecule has 0 unspecified atom stereocenters. The summed E-state index contributed by atoms with van der Waals surface area (Å²) in [6.07, 6.45) is 1.41. The number of halogens is 1. The van der Waals surface area contributed by atoms with Crippen molar-refractivity contribution in [2.45, 2.75) is 40.2 Å². The van der Waals surface area contributed by atoms with Gasteiger partial charge in [-0.25, -0.2) is 9.18 Å². The Morgan fingerprint density at radius 3 is 2.52 bits per heavy atom. The van der Waals surface area contributed by atoms with Gasteiger partial charge in [-0.05, 0) is 49.6 Å². The van der Waals surface area contributed by atoms with Crippen LogP contribution in [0.15, 0.2) is 48.5 Å². The maximum atomic E-state index is 14.4. The lowest BCUT2D eigenvalue weighted by atomic mass is 9.97.